The van der Waals surface area contributed by atoms with Crippen LogP contribution in [0.25, 0.3) is 0 Å². The zero-order valence-corrected chi connectivity index (χ0v) is 11.1. The number of halogens is 1. The summed E-state index contributed by atoms with van der Waals surface area (Å²) in [6, 6.07) is 4.96. The summed E-state index contributed by atoms with van der Waals surface area (Å²) in [5, 5.41) is 3.01. The van der Waals surface area contributed by atoms with Gasteiger partial charge in [0.15, 0.2) is 0 Å². The van der Waals surface area contributed by atoms with Crippen molar-refractivity contribution < 1.29 is 9.13 Å². The Morgan fingerprint density at radius 2 is 2.32 bits per heavy atom. The molecule has 0 spiro atoms. The van der Waals surface area contributed by atoms with E-state index in [1.54, 1.807) is 31.7 Å². The summed E-state index contributed by atoms with van der Waals surface area (Å²) < 4.78 is 21.3. The molecule has 0 fully saturated rings. The Morgan fingerprint density at radius 3 is 2.95 bits per heavy atom. The van der Waals surface area contributed by atoms with Gasteiger partial charge in [-0.1, -0.05) is 6.07 Å². The summed E-state index contributed by atoms with van der Waals surface area (Å²) >= 11 is 0. The van der Waals surface area contributed by atoms with Gasteiger partial charge in [-0.15, -0.1) is 0 Å². The Hall–Kier alpha value is -1.88. The van der Waals surface area contributed by atoms with Crippen molar-refractivity contribution in [2.24, 2.45) is 0 Å². The van der Waals surface area contributed by atoms with Gasteiger partial charge in [0.25, 0.3) is 0 Å². The van der Waals surface area contributed by atoms with Crippen molar-refractivity contribution in [3.8, 4) is 5.75 Å². The quantitative estimate of drug-likeness (QED) is 0.869. The van der Waals surface area contributed by atoms with Gasteiger partial charge in [-0.05, 0) is 20.0 Å². The Bertz CT molecular complexity index is 513. The maximum atomic E-state index is 13.9. The third kappa shape index (κ3) is 3.54. The third-order valence-corrected chi connectivity index (χ3v) is 3.05. The molecule has 0 saturated heterocycles. The number of imidazole rings is 1. The minimum atomic E-state index is -0.248. The smallest absolute Gasteiger partial charge is 0.131 e. The fourth-order valence-corrected chi connectivity index (χ4v) is 1.79. The number of benzene rings is 1. The molecule has 1 atom stereocenters. The minimum absolute atomic E-state index is 0.0139. The first-order valence-corrected chi connectivity index (χ1v) is 6.26. The van der Waals surface area contributed by atoms with Crippen LogP contribution in [0.1, 0.15) is 18.5 Å². The van der Waals surface area contributed by atoms with Gasteiger partial charge >= 0.3 is 0 Å². The second kappa shape index (κ2) is 6.33. The molecule has 0 aliphatic rings. The van der Waals surface area contributed by atoms with Gasteiger partial charge in [-0.3, -0.25) is 0 Å². The van der Waals surface area contributed by atoms with Gasteiger partial charge in [0.1, 0.15) is 18.2 Å². The molecule has 4 nitrogen and oxygen atoms in total. The zero-order chi connectivity index (χ0) is 13.7. The van der Waals surface area contributed by atoms with Gasteiger partial charge in [-0.25, -0.2) is 9.37 Å². The first-order chi connectivity index (χ1) is 9.20. The monoisotopic (exact) mass is 263 g/mol. The highest BCUT2D eigenvalue weighted by Gasteiger charge is 2.09. The van der Waals surface area contributed by atoms with E-state index in [2.05, 4.69) is 10.3 Å². The maximum Gasteiger partial charge on any atom is 0.131 e. The first kappa shape index (κ1) is 13.5. The molecule has 1 heterocycles. The lowest BCUT2D eigenvalue weighted by molar-refractivity contribution is 0.296. The molecule has 2 rings (SSSR count). The molecule has 1 aromatic carbocycles. The van der Waals surface area contributed by atoms with Crippen LogP contribution in [0.2, 0.25) is 0 Å². The lowest BCUT2D eigenvalue weighted by Crippen LogP contribution is -2.14. The van der Waals surface area contributed by atoms with Crippen LogP contribution in [-0.2, 0) is 6.54 Å². The molecule has 102 valence electrons. The topological polar surface area (TPSA) is 39.1 Å². The molecule has 1 aromatic heterocycles. The van der Waals surface area contributed by atoms with Gasteiger partial charge in [-0.2, -0.15) is 0 Å². The predicted octanol–water partition coefficient (Wildman–Crippen LogP) is 2.38. The summed E-state index contributed by atoms with van der Waals surface area (Å²) in [5.41, 5.74) is 0.643. The molecule has 5 heteroatoms. The Balaban J connectivity index is 1.92. The van der Waals surface area contributed by atoms with Gasteiger partial charge in [0, 0.05) is 30.1 Å². The first-order valence-electron chi connectivity index (χ1n) is 6.26. The standard InChI is InChI=1S/C14H18FN3O/c1-11(16-2)13-4-3-12(9-14(13)15)19-8-7-18-6-5-17-10-18/h3-6,9-11,16H,7-8H2,1-2H3. The summed E-state index contributed by atoms with van der Waals surface area (Å²) in [6.07, 6.45) is 5.30. The van der Waals surface area contributed by atoms with Crippen LogP contribution >= 0.6 is 0 Å². The lowest BCUT2D eigenvalue weighted by Gasteiger charge is -2.13. The average molecular weight is 263 g/mol. The molecule has 19 heavy (non-hydrogen) atoms. The number of nitrogens with one attached hydrogen (secondary N) is 1. The molecule has 1 N–H and O–H groups in total. The third-order valence-electron chi connectivity index (χ3n) is 3.05. The summed E-state index contributed by atoms with van der Waals surface area (Å²) in [4.78, 5) is 3.94. The lowest BCUT2D eigenvalue weighted by atomic mass is 10.1. The fraction of sp³-hybridized carbons (Fsp3) is 0.357. The molecule has 0 radical (unpaired) electrons. The molecular formula is C14H18FN3O. The highest BCUT2D eigenvalue weighted by molar-refractivity contribution is 5.30. The van der Waals surface area contributed by atoms with E-state index in [9.17, 15) is 4.39 Å². The fourth-order valence-electron chi connectivity index (χ4n) is 1.79. The number of aromatic nitrogens is 2. The average Bonchev–Trinajstić information content (AvgIpc) is 2.91. The maximum absolute atomic E-state index is 13.9. The van der Waals surface area contributed by atoms with Crippen LogP contribution in [0.5, 0.6) is 5.75 Å². The van der Waals surface area contributed by atoms with Gasteiger partial charge in [0.05, 0.1) is 12.9 Å². The van der Waals surface area contributed by atoms with E-state index in [0.717, 1.165) is 0 Å². The molecule has 0 aliphatic heterocycles. The van der Waals surface area contributed by atoms with Crippen LogP contribution in [-0.4, -0.2) is 23.2 Å². The van der Waals surface area contributed by atoms with Crippen LogP contribution in [0.4, 0.5) is 4.39 Å². The normalized spacial score (nSPS) is 12.4. The second-order valence-corrected chi connectivity index (χ2v) is 4.34. The van der Waals surface area contributed by atoms with E-state index in [4.69, 9.17) is 4.74 Å². The van der Waals surface area contributed by atoms with E-state index < -0.39 is 0 Å². The van der Waals surface area contributed by atoms with Crippen molar-refractivity contribution in [3.63, 3.8) is 0 Å². The van der Waals surface area contributed by atoms with Gasteiger partial charge < -0.3 is 14.6 Å². The van der Waals surface area contributed by atoms with Crippen molar-refractivity contribution in [2.45, 2.75) is 19.5 Å². The zero-order valence-electron chi connectivity index (χ0n) is 11.1. The largest absolute Gasteiger partial charge is 0.492 e. The molecule has 2 aromatic rings. The van der Waals surface area contributed by atoms with Crippen molar-refractivity contribution in [1.29, 1.82) is 0 Å². The van der Waals surface area contributed by atoms with Crippen molar-refractivity contribution in [1.82, 2.24) is 14.9 Å². The second-order valence-electron chi connectivity index (χ2n) is 4.34. The van der Waals surface area contributed by atoms with Gasteiger partial charge in [0.2, 0.25) is 0 Å². The number of ether oxygens (including phenoxy) is 1. The molecule has 0 saturated carbocycles. The van der Waals surface area contributed by atoms with Crippen molar-refractivity contribution >= 4 is 0 Å². The van der Waals surface area contributed by atoms with Crippen LogP contribution in [0.15, 0.2) is 36.9 Å². The molecule has 0 aliphatic carbocycles. The Labute approximate surface area is 112 Å². The summed E-state index contributed by atoms with van der Waals surface area (Å²) in [5.74, 6) is 0.298. The molecule has 0 bridgehead atoms. The Morgan fingerprint density at radius 1 is 1.47 bits per heavy atom. The molecule has 0 amide bonds. The summed E-state index contributed by atoms with van der Waals surface area (Å²) in [7, 11) is 1.81. The van der Waals surface area contributed by atoms with Crippen LogP contribution in [0, 0.1) is 5.82 Å². The van der Waals surface area contributed by atoms with E-state index in [1.807, 2.05) is 17.7 Å². The molecular weight excluding hydrogens is 245 g/mol. The van der Waals surface area contributed by atoms with E-state index >= 15 is 0 Å². The highest BCUT2D eigenvalue weighted by atomic mass is 19.1. The van der Waals surface area contributed by atoms with E-state index in [-0.39, 0.29) is 11.9 Å². The number of rotatable bonds is 6. The number of hydrogen-bond donors (Lipinski definition) is 1. The van der Waals surface area contributed by atoms with Crippen LogP contribution in [0.3, 0.4) is 0 Å². The Kier molecular flexibility index (Phi) is 4.52. The number of nitrogens with zero attached hydrogens (tertiary/aromatic N) is 2. The SMILES string of the molecule is CNC(C)c1ccc(OCCn2ccnc2)cc1F. The van der Waals surface area contributed by atoms with Crippen LogP contribution < -0.4 is 10.1 Å². The van der Waals surface area contributed by atoms with Crippen molar-refractivity contribution in [3.05, 3.63) is 48.3 Å². The highest BCUT2D eigenvalue weighted by Crippen LogP contribution is 2.21. The van der Waals surface area contributed by atoms with E-state index in [0.29, 0.717) is 24.5 Å². The minimum Gasteiger partial charge on any atom is -0.492 e. The number of hydrogen-bond acceptors (Lipinski definition) is 3. The van der Waals surface area contributed by atoms with E-state index in [1.165, 1.54) is 6.07 Å². The molecule has 1 unspecified atom stereocenters. The van der Waals surface area contributed by atoms with Crippen molar-refractivity contribution in [2.75, 3.05) is 13.7 Å². The predicted molar refractivity (Wildman–Crippen MR) is 71.6 cm³/mol. The summed E-state index contributed by atoms with van der Waals surface area (Å²) in [6.45, 7) is 3.09.